The summed E-state index contributed by atoms with van der Waals surface area (Å²) in [5.74, 6) is 2.84. The molecule has 2 N–H and O–H groups in total. The largest absolute Gasteiger partial charge is 0.492 e. The van der Waals surface area contributed by atoms with Gasteiger partial charge in [-0.3, -0.25) is 33.7 Å². The summed E-state index contributed by atoms with van der Waals surface area (Å²) in [7, 11) is 0. The Kier molecular flexibility index (Phi) is 44.1. The van der Waals surface area contributed by atoms with Gasteiger partial charge in [-0.25, -0.2) is 0 Å². The van der Waals surface area contributed by atoms with Crippen molar-refractivity contribution in [1.82, 2.24) is 15.5 Å². The predicted octanol–water partition coefficient (Wildman–Crippen LogP) is 16.2. The highest BCUT2D eigenvalue weighted by atomic mass is 16.5. The van der Waals surface area contributed by atoms with Crippen LogP contribution in [0.3, 0.4) is 0 Å². The van der Waals surface area contributed by atoms with Crippen molar-refractivity contribution in [3.63, 3.8) is 0 Å². The maximum absolute atomic E-state index is 13.0. The number of unbranched alkanes of at least 4 members (excludes halogenated alkanes) is 14. The van der Waals surface area contributed by atoms with Crippen LogP contribution in [0.5, 0.6) is 5.75 Å². The minimum absolute atomic E-state index is 0.0664. The van der Waals surface area contributed by atoms with Crippen LogP contribution in [-0.2, 0) is 35.2 Å². The predicted molar refractivity (Wildman–Crippen MR) is 322 cm³/mol. The summed E-state index contributed by atoms with van der Waals surface area (Å²) in [5, 5.41) is 6.33. The highest BCUT2D eigenvalue weighted by Crippen LogP contribution is 2.21. The molecule has 2 amide bonds. The van der Waals surface area contributed by atoms with E-state index in [1.165, 1.54) is 50.5 Å². The Morgan fingerprint density at radius 1 is 0.390 bits per heavy atom. The van der Waals surface area contributed by atoms with E-state index >= 15 is 0 Å². The summed E-state index contributed by atoms with van der Waals surface area (Å²) < 4.78 is 6.18. The molecular weight excluding hydrogens is 959 g/mol. The first-order valence-electron chi connectivity index (χ1n) is 32.2. The number of amides is 2. The SMILES string of the molecule is CCCCCc1ccc(OCCN(CCCNC(=O)[C@@H](C)CCCCCC(=O)[C@@H](C)CCCCCC(=O)[C@@H](C)CCCCC)CCCNC(=O)[C@@H](C)CCCCCC(=O)[C@@H](C)CCCCCC(=O)[C@@H](C)CCCCC)cc1. The molecule has 10 nitrogen and oxygen atoms in total. The van der Waals surface area contributed by atoms with Crippen LogP contribution >= 0.6 is 0 Å². The average Bonchev–Trinajstić information content (AvgIpc) is 3.42. The Balaban J connectivity index is 2.41. The van der Waals surface area contributed by atoms with Gasteiger partial charge in [0.2, 0.25) is 11.8 Å². The molecule has 0 heterocycles. The molecule has 0 unspecified atom stereocenters. The molecule has 0 aliphatic carbocycles. The van der Waals surface area contributed by atoms with Crippen LogP contribution in [0.15, 0.2) is 24.3 Å². The van der Waals surface area contributed by atoms with E-state index in [0.717, 1.165) is 173 Å². The van der Waals surface area contributed by atoms with Gasteiger partial charge in [0, 0.05) is 80.8 Å². The van der Waals surface area contributed by atoms with Crippen molar-refractivity contribution in [2.45, 2.75) is 281 Å². The third-order valence-corrected chi connectivity index (χ3v) is 16.4. The van der Waals surface area contributed by atoms with Crippen molar-refractivity contribution in [2.24, 2.45) is 35.5 Å². The third-order valence-electron chi connectivity index (χ3n) is 16.4. The average molecular weight is 1080 g/mol. The molecule has 77 heavy (non-hydrogen) atoms. The number of nitrogens with zero attached hydrogens (tertiary/aromatic N) is 1. The Morgan fingerprint density at radius 3 is 1.06 bits per heavy atom. The first-order valence-corrected chi connectivity index (χ1v) is 32.2. The number of carbonyl (C=O) groups excluding carboxylic acids is 6. The zero-order valence-electron chi connectivity index (χ0n) is 51.4. The van der Waals surface area contributed by atoms with Gasteiger partial charge in [-0.15, -0.1) is 0 Å². The lowest BCUT2D eigenvalue weighted by Gasteiger charge is -2.23. The number of Topliss-reactive ketones (excluding diaryl/α,β-unsaturated/α-hetero) is 4. The van der Waals surface area contributed by atoms with E-state index in [2.05, 4.69) is 74.4 Å². The Morgan fingerprint density at radius 2 is 0.714 bits per heavy atom. The number of nitrogens with one attached hydrogen (secondary N) is 2. The molecule has 1 aromatic carbocycles. The Hall–Kier alpha value is -3.40. The second kappa shape index (κ2) is 47.4. The molecular formula is C67H119N3O7. The highest BCUT2D eigenvalue weighted by molar-refractivity contribution is 5.82. The van der Waals surface area contributed by atoms with Crippen LogP contribution in [0.4, 0.5) is 0 Å². The molecule has 10 heteroatoms. The minimum atomic E-state index is -0.0769. The molecule has 0 saturated heterocycles. The van der Waals surface area contributed by atoms with Gasteiger partial charge < -0.3 is 15.4 Å². The molecule has 1 rings (SSSR count). The van der Waals surface area contributed by atoms with Crippen molar-refractivity contribution in [2.75, 3.05) is 39.3 Å². The summed E-state index contributed by atoms with van der Waals surface area (Å²) in [6, 6.07) is 8.47. The first-order chi connectivity index (χ1) is 37.1. The summed E-state index contributed by atoms with van der Waals surface area (Å²) in [6.07, 6.45) is 32.8. The molecule has 0 aromatic heterocycles. The van der Waals surface area contributed by atoms with Crippen LogP contribution in [-0.4, -0.2) is 79.2 Å². The van der Waals surface area contributed by atoms with Gasteiger partial charge >= 0.3 is 0 Å². The van der Waals surface area contributed by atoms with Gasteiger partial charge in [-0.1, -0.05) is 177 Å². The molecule has 0 aliphatic rings. The quantitative estimate of drug-likeness (QED) is 0.0615. The van der Waals surface area contributed by atoms with E-state index in [-0.39, 0.29) is 47.3 Å². The van der Waals surface area contributed by atoms with Crippen LogP contribution in [0.1, 0.15) is 280 Å². The third kappa shape index (κ3) is 38.0. The van der Waals surface area contributed by atoms with E-state index in [1.54, 1.807) is 0 Å². The van der Waals surface area contributed by atoms with Crippen molar-refractivity contribution in [1.29, 1.82) is 0 Å². The summed E-state index contributed by atoms with van der Waals surface area (Å²) in [5.41, 5.74) is 1.34. The fraction of sp³-hybridized carbons (Fsp3) is 0.821. The Bertz CT molecular complexity index is 1590. The zero-order chi connectivity index (χ0) is 56.9. The second-order valence-corrected chi connectivity index (χ2v) is 23.7. The van der Waals surface area contributed by atoms with E-state index in [4.69, 9.17) is 4.74 Å². The number of aryl methyl sites for hydroxylation is 1. The second-order valence-electron chi connectivity index (χ2n) is 23.7. The number of benzene rings is 1. The zero-order valence-corrected chi connectivity index (χ0v) is 51.4. The summed E-state index contributed by atoms with van der Waals surface area (Å²) >= 11 is 0. The monoisotopic (exact) mass is 1080 g/mol. The maximum atomic E-state index is 13.0. The summed E-state index contributed by atoms with van der Waals surface area (Å²) in [6.45, 7) is 23.0. The topological polar surface area (TPSA) is 139 Å². The number of hydrogen-bond donors (Lipinski definition) is 2. The number of ether oxygens (including phenoxy) is 1. The lowest BCUT2D eigenvalue weighted by molar-refractivity contribution is -0.125. The van der Waals surface area contributed by atoms with Crippen molar-refractivity contribution >= 4 is 34.9 Å². The first kappa shape index (κ1) is 71.6. The van der Waals surface area contributed by atoms with E-state index in [0.29, 0.717) is 68.5 Å². The summed E-state index contributed by atoms with van der Waals surface area (Å²) in [4.78, 5) is 78.9. The normalized spacial score (nSPS) is 13.9. The molecule has 0 fully saturated rings. The van der Waals surface area contributed by atoms with Gasteiger partial charge in [-0.2, -0.15) is 0 Å². The lowest BCUT2D eigenvalue weighted by atomic mass is 9.92. The van der Waals surface area contributed by atoms with Crippen LogP contribution in [0.2, 0.25) is 0 Å². The molecule has 1 aromatic rings. The van der Waals surface area contributed by atoms with Crippen LogP contribution in [0, 0.1) is 35.5 Å². The molecule has 0 bridgehead atoms. The van der Waals surface area contributed by atoms with Gasteiger partial charge in [0.05, 0.1) is 0 Å². The number of hydrogen-bond acceptors (Lipinski definition) is 8. The number of ketones is 4. The van der Waals surface area contributed by atoms with Gasteiger partial charge in [-0.05, 0) is 121 Å². The molecule has 6 atom stereocenters. The fourth-order valence-electron chi connectivity index (χ4n) is 10.3. The van der Waals surface area contributed by atoms with Crippen LogP contribution in [0.25, 0.3) is 0 Å². The smallest absolute Gasteiger partial charge is 0.222 e. The van der Waals surface area contributed by atoms with Gasteiger partial charge in [0.25, 0.3) is 0 Å². The molecule has 444 valence electrons. The maximum Gasteiger partial charge on any atom is 0.222 e. The van der Waals surface area contributed by atoms with Crippen molar-refractivity contribution < 1.29 is 33.5 Å². The van der Waals surface area contributed by atoms with Crippen molar-refractivity contribution in [3.05, 3.63) is 29.8 Å². The molecule has 0 spiro atoms. The number of carbonyl (C=O) groups is 6. The molecule has 0 aliphatic heterocycles. The van der Waals surface area contributed by atoms with E-state index in [1.807, 2.05) is 27.7 Å². The van der Waals surface area contributed by atoms with Crippen LogP contribution < -0.4 is 15.4 Å². The standard InChI is InChI=1S/C67H119N3O7/c1-10-13-20-33-54(4)62(71)40-27-16-23-35-56(6)64(73)42-29-18-25-37-58(8)66(75)68-48-31-50-70(52-53-77-61-46-44-60(45-47-61)39-22-15-12-3)51-32-49-69-67(76)59(9)38-26-19-30-43-65(74)57(7)36-24-17-28-41-63(72)55(5)34-21-14-11-2/h44-47,54-59H,10-43,48-53H2,1-9H3,(H,68,75)(H,69,76)/t54-,55-,56-,57-,58-,59-/m0/s1. The van der Waals surface area contributed by atoms with E-state index < -0.39 is 0 Å². The fourth-order valence-corrected chi connectivity index (χ4v) is 10.3. The van der Waals surface area contributed by atoms with Crippen molar-refractivity contribution in [3.8, 4) is 5.75 Å². The minimum Gasteiger partial charge on any atom is -0.492 e. The Labute approximate surface area is 473 Å². The lowest BCUT2D eigenvalue weighted by Crippen LogP contribution is -2.36. The molecule has 0 saturated carbocycles. The van der Waals surface area contributed by atoms with Gasteiger partial charge in [0.1, 0.15) is 35.5 Å². The highest BCUT2D eigenvalue weighted by Gasteiger charge is 2.19. The van der Waals surface area contributed by atoms with Gasteiger partial charge in [0.15, 0.2) is 0 Å². The number of rotatable bonds is 54. The van der Waals surface area contributed by atoms with E-state index in [9.17, 15) is 28.8 Å². The molecule has 0 radical (unpaired) electrons.